The lowest BCUT2D eigenvalue weighted by Crippen LogP contribution is -2.37. The van der Waals surface area contributed by atoms with Crippen LogP contribution >= 0.6 is 0 Å². The summed E-state index contributed by atoms with van der Waals surface area (Å²) < 4.78 is 26.6. The minimum atomic E-state index is -0.694. The molecule has 1 aromatic rings. The number of rotatable bonds is 6. The molecule has 0 saturated carbocycles. The molecular formula is C16H23BO6. The van der Waals surface area contributed by atoms with Crippen molar-refractivity contribution >= 4 is 18.7 Å². The zero-order valence-corrected chi connectivity index (χ0v) is 14.0. The third-order valence-corrected chi connectivity index (χ3v) is 3.87. The number of hydrogen-bond acceptors (Lipinski definition) is 6. The third-order valence-electron chi connectivity index (χ3n) is 3.87. The van der Waals surface area contributed by atoms with E-state index in [2.05, 4.69) is 0 Å². The van der Waals surface area contributed by atoms with Gasteiger partial charge in [-0.3, -0.25) is 0 Å². The van der Waals surface area contributed by atoms with Crippen molar-refractivity contribution in [3.63, 3.8) is 0 Å². The van der Waals surface area contributed by atoms with E-state index in [1.54, 1.807) is 14.2 Å². The lowest BCUT2D eigenvalue weighted by molar-refractivity contribution is -0.0140. The molecule has 1 saturated heterocycles. The van der Waals surface area contributed by atoms with E-state index in [1.165, 1.54) is 0 Å². The Morgan fingerprint density at radius 3 is 2.57 bits per heavy atom. The Bertz CT molecular complexity index is 519. The second-order valence-corrected chi connectivity index (χ2v) is 5.58. The van der Waals surface area contributed by atoms with Crippen LogP contribution in [0.4, 0.5) is 4.79 Å². The molecule has 0 aromatic heterocycles. The molecule has 0 amide bonds. The Balaban J connectivity index is 1.92. The predicted octanol–water partition coefficient (Wildman–Crippen LogP) is 1.89. The highest BCUT2D eigenvalue weighted by atomic mass is 16.7. The van der Waals surface area contributed by atoms with E-state index in [4.69, 9.17) is 23.5 Å². The van der Waals surface area contributed by atoms with Gasteiger partial charge < -0.3 is 23.5 Å². The van der Waals surface area contributed by atoms with Crippen LogP contribution in [0.3, 0.4) is 0 Å². The second-order valence-electron chi connectivity index (χ2n) is 5.58. The van der Waals surface area contributed by atoms with Gasteiger partial charge in [-0.25, -0.2) is 4.79 Å². The highest BCUT2D eigenvalue weighted by Crippen LogP contribution is 2.23. The van der Waals surface area contributed by atoms with Crippen molar-refractivity contribution in [3.8, 4) is 0 Å². The molecule has 0 radical (unpaired) electrons. The van der Waals surface area contributed by atoms with E-state index in [9.17, 15) is 4.79 Å². The van der Waals surface area contributed by atoms with Crippen LogP contribution in [0.15, 0.2) is 24.3 Å². The Morgan fingerprint density at radius 2 is 1.96 bits per heavy atom. The molecule has 0 spiro atoms. The fourth-order valence-corrected chi connectivity index (χ4v) is 2.71. The summed E-state index contributed by atoms with van der Waals surface area (Å²) in [6.07, 6.45) is -0.300. The number of hydrogen-bond donors (Lipinski definition) is 0. The first-order valence-electron chi connectivity index (χ1n) is 7.67. The van der Waals surface area contributed by atoms with Crippen LogP contribution in [0.2, 0.25) is 0 Å². The summed E-state index contributed by atoms with van der Waals surface area (Å²) in [6.45, 7) is 3.94. The summed E-state index contributed by atoms with van der Waals surface area (Å²) in [5, 5.41) is 0. The minimum Gasteiger partial charge on any atom is -0.429 e. The summed E-state index contributed by atoms with van der Waals surface area (Å²) >= 11 is 0. The zero-order chi connectivity index (χ0) is 16.8. The molecule has 1 fully saturated rings. The van der Waals surface area contributed by atoms with Gasteiger partial charge in [0.25, 0.3) is 0 Å². The monoisotopic (exact) mass is 322 g/mol. The molecular weight excluding hydrogens is 299 g/mol. The first-order valence-corrected chi connectivity index (χ1v) is 7.67. The van der Waals surface area contributed by atoms with Crippen LogP contribution in [-0.4, -0.2) is 45.8 Å². The normalized spacial score (nSPS) is 23.6. The Hall–Kier alpha value is -1.57. The molecule has 6 nitrogen and oxygen atoms in total. The first-order chi connectivity index (χ1) is 11.0. The van der Waals surface area contributed by atoms with E-state index in [1.807, 2.05) is 38.1 Å². The minimum absolute atomic E-state index is 0.0905. The van der Waals surface area contributed by atoms with Gasteiger partial charge in [0, 0.05) is 20.6 Å². The molecule has 0 bridgehead atoms. The van der Waals surface area contributed by atoms with E-state index in [0.29, 0.717) is 6.42 Å². The zero-order valence-electron chi connectivity index (χ0n) is 14.0. The van der Waals surface area contributed by atoms with Gasteiger partial charge in [-0.05, 0) is 24.9 Å². The maximum absolute atomic E-state index is 11.9. The molecule has 3 atom stereocenters. The van der Waals surface area contributed by atoms with Crippen LogP contribution < -0.4 is 5.46 Å². The quantitative estimate of drug-likeness (QED) is 0.589. The van der Waals surface area contributed by atoms with Crippen LogP contribution in [0, 0.1) is 0 Å². The van der Waals surface area contributed by atoms with Crippen LogP contribution in [0.1, 0.15) is 25.8 Å². The highest BCUT2D eigenvalue weighted by molar-refractivity contribution is 6.61. The summed E-state index contributed by atoms with van der Waals surface area (Å²) in [5.74, 6) is 0. The van der Waals surface area contributed by atoms with Gasteiger partial charge in [0.05, 0.1) is 12.2 Å². The van der Waals surface area contributed by atoms with Gasteiger partial charge in [0.2, 0.25) is 0 Å². The lowest BCUT2D eigenvalue weighted by Gasteiger charge is -2.16. The fraction of sp³-hybridized carbons (Fsp3) is 0.562. The molecule has 1 aliphatic heterocycles. The van der Waals surface area contributed by atoms with Gasteiger partial charge in [0.1, 0.15) is 12.7 Å². The van der Waals surface area contributed by atoms with Crippen LogP contribution in [0.25, 0.3) is 0 Å². The maximum Gasteiger partial charge on any atom is 0.508 e. The van der Waals surface area contributed by atoms with Crippen molar-refractivity contribution in [1.29, 1.82) is 0 Å². The smallest absolute Gasteiger partial charge is 0.429 e. The van der Waals surface area contributed by atoms with Crippen molar-refractivity contribution in [2.45, 2.75) is 45.2 Å². The SMILES string of the molecule is COB(OC)c1ccccc1COC(=O)O[C@@H]1C[C@H](C)O[C@@H]1C. The van der Waals surface area contributed by atoms with Crippen LogP contribution in [0.5, 0.6) is 0 Å². The van der Waals surface area contributed by atoms with Gasteiger partial charge in [0.15, 0.2) is 0 Å². The summed E-state index contributed by atoms with van der Waals surface area (Å²) in [5.41, 5.74) is 1.62. The molecule has 0 N–H and O–H groups in total. The van der Waals surface area contributed by atoms with E-state index in [0.717, 1.165) is 11.0 Å². The van der Waals surface area contributed by atoms with E-state index >= 15 is 0 Å². The molecule has 126 valence electrons. The van der Waals surface area contributed by atoms with Crippen LogP contribution in [-0.2, 0) is 30.1 Å². The van der Waals surface area contributed by atoms with Gasteiger partial charge in [-0.2, -0.15) is 0 Å². The van der Waals surface area contributed by atoms with Crippen molar-refractivity contribution in [2.75, 3.05) is 14.2 Å². The van der Waals surface area contributed by atoms with Crippen molar-refractivity contribution in [2.24, 2.45) is 0 Å². The average molecular weight is 322 g/mol. The van der Waals surface area contributed by atoms with Gasteiger partial charge in [-0.1, -0.05) is 24.3 Å². The number of benzene rings is 1. The molecule has 0 aliphatic carbocycles. The topological polar surface area (TPSA) is 63.2 Å². The number of carbonyl (C=O) groups excluding carboxylic acids is 1. The predicted molar refractivity (Wildman–Crippen MR) is 85.5 cm³/mol. The largest absolute Gasteiger partial charge is 0.508 e. The number of carbonyl (C=O) groups is 1. The Morgan fingerprint density at radius 1 is 1.26 bits per heavy atom. The molecule has 1 heterocycles. The standard InChI is InChI=1S/C16H23BO6/c1-11-9-15(12(2)22-11)23-16(18)21-10-13-7-5-6-8-14(13)17(19-3)20-4/h5-8,11-12,15H,9-10H2,1-4H3/t11-,12+,15+/m0/s1. The van der Waals surface area contributed by atoms with Crippen molar-refractivity contribution in [3.05, 3.63) is 29.8 Å². The molecule has 1 aromatic carbocycles. The Labute approximate surface area is 137 Å². The third kappa shape index (κ3) is 4.70. The number of ether oxygens (including phenoxy) is 3. The molecule has 23 heavy (non-hydrogen) atoms. The average Bonchev–Trinajstić information content (AvgIpc) is 2.85. The van der Waals surface area contributed by atoms with E-state index in [-0.39, 0.29) is 24.9 Å². The van der Waals surface area contributed by atoms with Crippen molar-refractivity contribution < 1.29 is 28.3 Å². The lowest BCUT2D eigenvalue weighted by atomic mass is 9.76. The fourth-order valence-electron chi connectivity index (χ4n) is 2.71. The summed E-state index contributed by atoms with van der Waals surface area (Å²) in [4.78, 5) is 11.9. The highest BCUT2D eigenvalue weighted by Gasteiger charge is 2.33. The van der Waals surface area contributed by atoms with Gasteiger partial charge in [-0.15, -0.1) is 0 Å². The summed E-state index contributed by atoms with van der Waals surface area (Å²) in [7, 11) is 2.61. The Kier molecular flexibility index (Phi) is 6.44. The maximum atomic E-state index is 11.9. The molecule has 7 heteroatoms. The first kappa shape index (κ1) is 17.8. The van der Waals surface area contributed by atoms with Crippen molar-refractivity contribution in [1.82, 2.24) is 0 Å². The van der Waals surface area contributed by atoms with Gasteiger partial charge >= 0.3 is 13.3 Å². The van der Waals surface area contributed by atoms with E-state index < -0.39 is 13.3 Å². The summed E-state index contributed by atoms with van der Waals surface area (Å²) in [6, 6.07) is 7.47. The second kappa shape index (κ2) is 8.33. The molecule has 1 aliphatic rings. The molecule has 0 unspecified atom stereocenters. The molecule has 2 rings (SSSR count).